The molecule has 0 saturated carbocycles. The Morgan fingerprint density at radius 3 is 2.60 bits per heavy atom. The summed E-state index contributed by atoms with van der Waals surface area (Å²) in [5.41, 5.74) is 7.26. The summed E-state index contributed by atoms with van der Waals surface area (Å²) < 4.78 is 1.15. The van der Waals surface area contributed by atoms with Crippen molar-refractivity contribution < 1.29 is 0 Å². The van der Waals surface area contributed by atoms with Gasteiger partial charge in [0.15, 0.2) is 0 Å². The maximum atomic E-state index is 5.85. The average Bonchev–Trinajstić information content (AvgIpc) is 1.93. The van der Waals surface area contributed by atoms with Gasteiger partial charge in [0.05, 0.1) is 10.7 Å². The molecule has 0 fully saturated rings. The van der Waals surface area contributed by atoms with E-state index in [4.69, 9.17) is 17.3 Å². The lowest BCUT2D eigenvalue weighted by Gasteiger charge is -2.02. The highest BCUT2D eigenvalue weighted by Gasteiger charge is 2.01. The van der Waals surface area contributed by atoms with Crippen LogP contribution in [0.1, 0.15) is 5.56 Å². The highest BCUT2D eigenvalue weighted by atomic mass is 127. The van der Waals surface area contributed by atoms with E-state index in [0.717, 1.165) is 9.13 Å². The summed E-state index contributed by atoms with van der Waals surface area (Å²) in [5.74, 6) is 0. The van der Waals surface area contributed by atoms with E-state index in [-0.39, 0.29) is 0 Å². The SMILES string of the molecule is Cc1c(I)ccc(N)c1Cl. The molecule has 0 spiro atoms. The fourth-order valence-corrected chi connectivity index (χ4v) is 1.46. The zero-order chi connectivity index (χ0) is 7.72. The van der Waals surface area contributed by atoms with Crippen LogP contribution >= 0.6 is 34.2 Å². The molecule has 0 unspecified atom stereocenters. The molecule has 0 bridgehead atoms. The summed E-state index contributed by atoms with van der Waals surface area (Å²) in [6, 6.07) is 3.77. The van der Waals surface area contributed by atoms with Crippen molar-refractivity contribution >= 4 is 39.9 Å². The summed E-state index contributed by atoms with van der Waals surface area (Å²) in [4.78, 5) is 0. The molecule has 0 radical (unpaired) electrons. The van der Waals surface area contributed by atoms with Crippen molar-refractivity contribution in [2.45, 2.75) is 6.92 Å². The van der Waals surface area contributed by atoms with E-state index in [1.807, 2.05) is 19.1 Å². The second kappa shape index (κ2) is 2.96. The molecule has 10 heavy (non-hydrogen) atoms. The third-order valence-corrected chi connectivity index (χ3v) is 3.02. The largest absolute Gasteiger partial charge is 0.398 e. The normalized spacial score (nSPS) is 9.90. The molecule has 0 saturated heterocycles. The van der Waals surface area contributed by atoms with Crippen molar-refractivity contribution in [2.24, 2.45) is 0 Å². The first kappa shape index (κ1) is 8.14. The Morgan fingerprint density at radius 1 is 1.50 bits per heavy atom. The second-order valence-electron chi connectivity index (χ2n) is 2.08. The fourth-order valence-electron chi connectivity index (χ4n) is 0.682. The van der Waals surface area contributed by atoms with Crippen LogP contribution in [0.2, 0.25) is 5.02 Å². The number of anilines is 1. The minimum Gasteiger partial charge on any atom is -0.398 e. The highest BCUT2D eigenvalue weighted by molar-refractivity contribution is 14.1. The minimum absolute atomic E-state index is 0.652. The number of nitrogen functional groups attached to an aromatic ring is 1. The van der Waals surface area contributed by atoms with E-state index in [2.05, 4.69) is 22.6 Å². The molecular formula is C7H7ClIN. The lowest BCUT2D eigenvalue weighted by molar-refractivity contribution is 1.43. The van der Waals surface area contributed by atoms with Crippen LogP contribution in [0.4, 0.5) is 5.69 Å². The van der Waals surface area contributed by atoms with Crippen LogP contribution in [0.3, 0.4) is 0 Å². The van der Waals surface area contributed by atoms with Gasteiger partial charge < -0.3 is 5.73 Å². The predicted molar refractivity (Wildman–Crippen MR) is 53.3 cm³/mol. The summed E-state index contributed by atoms with van der Waals surface area (Å²) in [7, 11) is 0. The summed E-state index contributed by atoms with van der Waals surface area (Å²) in [6.45, 7) is 1.96. The Hall–Kier alpha value is 0.0400. The van der Waals surface area contributed by atoms with Crippen molar-refractivity contribution in [2.75, 3.05) is 5.73 Å². The standard InChI is InChI=1S/C7H7ClIN/c1-4-5(9)2-3-6(10)7(4)8/h2-3H,10H2,1H3. The van der Waals surface area contributed by atoms with Crippen LogP contribution in [-0.4, -0.2) is 0 Å². The molecule has 1 rings (SSSR count). The third kappa shape index (κ3) is 1.37. The molecule has 0 atom stereocenters. The van der Waals surface area contributed by atoms with Gasteiger partial charge in [-0.05, 0) is 47.2 Å². The maximum absolute atomic E-state index is 5.85. The van der Waals surface area contributed by atoms with Crippen molar-refractivity contribution in [3.8, 4) is 0 Å². The number of benzene rings is 1. The highest BCUT2D eigenvalue weighted by Crippen LogP contribution is 2.26. The first-order chi connectivity index (χ1) is 4.63. The molecule has 0 aliphatic rings. The van der Waals surface area contributed by atoms with Crippen molar-refractivity contribution in [1.29, 1.82) is 0 Å². The molecule has 0 aromatic heterocycles. The lowest BCUT2D eigenvalue weighted by Crippen LogP contribution is -1.89. The molecule has 0 aliphatic carbocycles. The number of nitrogens with two attached hydrogens (primary N) is 1. The molecule has 1 aromatic rings. The van der Waals surface area contributed by atoms with Crippen molar-refractivity contribution in [1.82, 2.24) is 0 Å². The van der Waals surface area contributed by atoms with Crippen LogP contribution in [-0.2, 0) is 0 Å². The van der Waals surface area contributed by atoms with E-state index in [1.165, 1.54) is 0 Å². The molecule has 1 aromatic carbocycles. The first-order valence-electron chi connectivity index (χ1n) is 2.83. The Morgan fingerprint density at radius 2 is 2.10 bits per heavy atom. The van der Waals surface area contributed by atoms with E-state index < -0.39 is 0 Å². The second-order valence-corrected chi connectivity index (χ2v) is 3.62. The summed E-state index contributed by atoms with van der Waals surface area (Å²) >= 11 is 8.08. The van der Waals surface area contributed by atoms with Gasteiger partial charge in [-0.25, -0.2) is 0 Å². The lowest BCUT2D eigenvalue weighted by atomic mass is 10.2. The van der Waals surface area contributed by atoms with Gasteiger partial charge in [-0.3, -0.25) is 0 Å². The van der Waals surface area contributed by atoms with Gasteiger partial charge in [-0.1, -0.05) is 11.6 Å². The zero-order valence-electron chi connectivity index (χ0n) is 5.49. The third-order valence-electron chi connectivity index (χ3n) is 1.35. The molecule has 0 aliphatic heterocycles. The summed E-state index contributed by atoms with van der Waals surface area (Å²) in [6.07, 6.45) is 0. The van der Waals surface area contributed by atoms with Gasteiger partial charge >= 0.3 is 0 Å². The maximum Gasteiger partial charge on any atom is 0.0675 e. The fraction of sp³-hybridized carbons (Fsp3) is 0.143. The van der Waals surface area contributed by atoms with E-state index >= 15 is 0 Å². The van der Waals surface area contributed by atoms with Gasteiger partial charge in [-0.15, -0.1) is 0 Å². The Kier molecular flexibility index (Phi) is 2.41. The van der Waals surface area contributed by atoms with Gasteiger partial charge in [0.25, 0.3) is 0 Å². The molecule has 54 valence electrons. The van der Waals surface area contributed by atoms with Gasteiger partial charge in [0, 0.05) is 3.57 Å². The van der Waals surface area contributed by atoms with E-state index in [1.54, 1.807) is 0 Å². The topological polar surface area (TPSA) is 26.0 Å². The average molecular weight is 267 g/mol. The molecule has 0 amide bonds. The molecule has 3 heteroatoms. The van der Waals surface area contributed by atoms with E-state index in [9.17, 15) is 0 Å². The van der Waals surface area contributed by atoms with Gasteiger partial charge in [0.1, 0.15) is 0 Å². The summed E-state index contributed by atoms with van der Waals surface area (Å²) in [5, 5.41) is 0.673. The van der Waals surface area contributed by atoms with Crippen molar-refractivity contribution in [3.05, 3.63) is 26.3 Å². The van der Waals surface area contributed by atoms with Crippen LogP contribution in [0, 0.1) is 10.5 Å². The Labute approximate surface area is 78.7 Å². The Balaban J connectivity index is 3.34. The van der Waals surface area contributed by atoms with Crippen LogP contribution in [0.25, 0.3) is 0 Å². The molecule has 2 N–H and O–H groups in total. The molecule has 0 heterocycles. The molecular weight excluding hydrogens is 260 g/mol. The smallest absolute Gasteiger partial charge is 0.0675 e. The predicted octanol–water partition coefficient (Wildman–Crippen LogP) is 2.84. The van der Waals surface area contributed by atoms with Crippen molar-refractivity contribution in [3.63, 3.8) is 0 Å². The van der Waals surface area contributed by atoms with Crippen LogP contribution < -0.4 is 5.73 Å². The van der Waals surface area contributed by atoms with Crippen LogP contribution in [0.5, 0.6) is 0 Å². The zero-order valence-corrected chi connectivity index (χ0v) is 8.40. The monoisotopic (exact) mass is 267 g/mol. The Bertz CT molecular complexity index is 233. The molecule has 1 nitrogen and oxygen atoms in total. The number of hydrogen-bond acceptors (Lipinski definition) is 1. The van der Waals surface area contributed by atoms with Gasteiger partial charge in [-0.2, -0.15) is 0 Å². The number of hydrogen-bond donors (Lipinski definition) is 1. The van der Waals surface area contributed by atoms with Gasteiger partial charge in [0.2, 0.25) is 0 Å². The number of rotatable bonds is 0. The van der Waals surface area contributed by atoms with E-state index in [0.29, 0.717) is 10.7 Å². The van der Waals surface area contributed by atoms with Crippen LogP contribution in [0.15, 0.2) is 12.1 Å². The minimum atomic E-state index is 0.652. The quantitative estimate of drug-likeness (QED) is 0.568. The first-order valence-corrected chi connectivity index (χ1v) is 4.28. The number of halogens is 2.